The van der Waals surface area contributed by atoms with Gasteiger partial charge in [-0.15, -0.1) is 0 Å². The molecule has 1 saturated heterocycles. The van der Waals surface area contributed by atoms with Gasteiger partial charge >= 0.3 is 0 Å². The molecular weight excluding hydrogens is 470 g/mol. The average Bonchev–Trinajstić information content (AvgIpc) is 3.29. The van der Waals surface area contributed by atoms with Crippen molar-refractivity contribution in [3.63, 3.8) is 0 Å². The number of fused-ring (bicyclic) bond motifs is 1. The standard InChI is InChI=1S/C25H24ClN5O2S/c1-33-20-4-2-3-19(13-20)27-25(34)30-11-9-17(10-12-30)21-15-24(32)31-23(28-21)14-22(29-31)16-5-7-18(26)8-6-16/h2-8,13-15,17,29H,9-12H2,1H3,(H,27,34). The van der Waals surface area contributed by atoms with Gasteiger partial charge in [0, 0.05) is 47.9 Å². The summed E-state index contributed by atoms with van der Waals surface area (Å²) in [5.74, 6) is 0.991. The molecule has 0 spiro atoms. The van der Waals surface area contributed by atoms with Crippen molar-refractivity contribution in [1.29, 1.82) is 0 Å². The molecule has 0 radical (unpaired) electrons. The number of likely N-dealkylation sites (tertiary alicyclic amines) is 1. The van der Waals surface area contributed by atoms with Crippen LogP contribution in [0.1, 0.15) is 24.5 Å². The minimum absolute atomic E-state index is 0.113. The van der Waals surface area contributed by atoms with Crippen molar-refractivity contribution in [3.8, 4) is 17.0 Å². The maximum atomic E-state index is 12.8. The molecule has 1 aliphatic rings. The number of anilines is 1. The highest BCUT2D eigenvalue weighted by Crippen LogP contribution is 2.28. The lowest BCUT2D eigenvalue weighted by molar-refractivity contribution is 0.313. The van der Waals surface area contributed by atoms with Crippen LogP contribution in [-0.2, 0) is 0 Å². The summed E-state index contributed by atoms with van der Waals surface area (Å²) in [4.78, 5) is 19.8. The first-order chi connectivity index (χ1) is 16.5. The van der Waals surface area contributed by atoms with E-state index >= 15 is 0 Å². The zero-order valence-electron chi connectivity index (χ0n) is 18.6. The first-order valence-electron chi connectivity index (χ1n) is 11.1. The molecule has 0 bridgehead atoms. The Bertz CT molecular complexity index is 1390. The number of halogens is 1. The van der Waals surface area contributed by atoms with Crippen LogP contribution in [0, 0.1) is 0 Å². The summed E-state index contributed by atoms with van der Waals surface area (Å²) in [6.07, 6.45) is 1.74. The number of nitrogens with one attached hydrogen (secondary N) is 2. The van der Waals surface area contributed by atoms with E-state index < -0.39 is 0 Å². The normalized spacial score (nSPS) is 14.4. The molecule has 2 aromatic carbocycles. The fraction of sp³-hybridized carbons (Fsp3) is 0.240. The minimum Gasteiger partial charge on any atom is -0.497 e. The highest BCUT2D eigenvalue weighted by atomic mass is 35.5. The van der Waals surface area contributed by atoms with Crippen LogP contribution in [0.3, 0.4) is 0 Å². The highest BCUT2D eigenvalue weighted by molar-refractivity contribution is 7.80. The van der Waals surface area contributed by atoms with E-state index in [1.807, 2.05) is 54.6 Å². The Hall–Kier alpha value is -3.36. The SMILES string of the molecule is COc1cccc(NC(=S)N2CCC(c3cc(=O)n4[nH]c(-c5ccc(Cl)cc5)cc4n3)CC2)c1. The van der Waals surface area contributed by atoms with Crippen molar-refractivity contribution >= 4 is 40.3 Å². The lowest BCUT2D eigenvalue weighted by atomic mass is 9.93. The first kappa shape index (κ1) is 22.4. The first-order valence-corrected chi connectivity index (χ1v) is 11.9. The maximum Gasteiger partial charge on any atom is 0.272 e. The largest absolute Gasteiger partial charge is 0.497 e. The molecule has 5 rings (SSSR count). The number of hydrogen-bond donors (Lipinski definition) is 2. The Balaban J connectivity index is 1.28. The van der Waals surface area contributed by atoms with Crippen molar-refractivity contribution in [1.82, 2.24) is 19.5 Å². The van der Waals surface area contributed by atoms with Crippen molar-refractivity contribution in [2.45, 2.75) is 18.8 Å². The van der Waals surface area contributed by atoms with E-state index in [-0.39, 0.29) is 11.5 Å². The molecule has 174 valence electrons. The van der Waals surface area contributed by atoms with Crippen LogP contribution in [0.2, 0.25) is 5.02 Å². The summed E-state index contributed by atoms with van der Waals surface area (Å²) in [7, 11) is 1.64. The third-order valence-corrected chi connectivity index (χ3v) is 6.76. The molecule has 0 aliphatic carbocycles. The summed E-state index contributed by atoms with van der Waals surface area (Å²) in [5.41, 5.74) is 4.00. The van der Waals surface area contributed by atoms with Crippen molar-refractivity contribution in [3.05, 3.63) is 81.7 Å². The van der Waals surface area contributed by atoms with Gasteiger partial charge in [0.1, 0.15) is 5.75 Å². The van der Waals surface area contributed by atoms with Gasteiger partial charge in [0.15, 0.2) is 10.8 Å². The molecule has 4 aromatic rings. The van der Waals surface area contributed by atoms with E-state index in [2.05, 4.69) is 15.3 Å². The van der Waals surface area contributed by atoms with E-state index in [1.54, 1.807) is 13.2 Å². The smallest absolute Gasteiger partial charge is 0.272 e. The van der Waals surface area contributed by atoms with Crippen LogP contribution in [0.4, 0.5) is 5.69 Å². The Labute approximate surface area is 207 Å². The lowest BCUT2D eigenvalue weighted by Gasteiger charge is -2.33. The molecule has 2 N–H and O–H groups in total. The van der Waals surface area contributed by atoms with Crippen LogP contribution in [0.5, 0.6) is 5.75 Å². The second-order valence-corrected chi connectivity index (χ2v) is 9.14. The Morgan fingerprint density at radius 3 is 2.65 bits per heavy atom. The van der Waals surface area contributed by atoms with Gasteiger partial charge in [-0.1, -0.05) is 29.8 Å². The van der Waals surface area contributed by atoms with Crippen molar-refractivity contribution in [2.24, 2.45) is 0 Å². The second kappa shape index (κ2) is 9.48. The van der Waals surface area contributed by atoms with E-state index in [4.69, 9.17) is 33.5 Å². The van der Waals surface area contributed by atoms with Crippen LogP contribution in [-0.4, -0.2) is 44.8 Å². The van der Waals surface area contributed by atoms with Crippen LogP contribution >= 0.6 is 23.8 Å². The summed E-state index contributed by atoms with van der Waals surface area (Å²) < 4.78 is 6.76. The highest BCUT2D eigenvalue weighted by Gasteiger charge is 2.24. The fourth-order valence-electron chi connectivity index (χ4n) is 4.28. The fourth-order valence-corrected chi connectivity index (χ4v) is 4.70. The van der Waals surface area contributed by atoms with Crippen LogP contribution < -0.4 is 15.6 Å². The number of H-pyrrole nitrogens is 1. The Morgan fingerprint density at radius 2 is 1.91 bits per heavy atom. The Morgan fingerprint density at radius 1 is 1.15 bits per heavy atom. The van der Waals surface area contributed by atoms with Gasteiger partial charge in [0.05, 0.1) is 18.5 Å². The van der Waals surface area contributed by atoms with E-state index in [9.17, 15) is 4.79 Å². The molecule has 0 atom stereocenters. The molecule has 9 heteroatoms. The number of piperidine rings is 1. The summed E-state index contributed by atoms with van der Waals surface area (Å²) in [5, 5.41) is 7.79. The average molecular weight is 494 g/mol. The summed E-state index contributed by atoms with van der Waals surface area (Å²) in [6.45, 7) is 1.59. The van der Waals surface area contributed by atoms with Crippen molar-refractivity contribution < 1.29 is 4.74 Å². The monoisotopic (exact) mass is 493 g/mol. The van der Waals surface area contributed by atoms with Gasteiger partial charge in [0.25, 0.3) is 5.56 Å². The van der Waals surface area contributed by atoms with Gasteiger partial charge in [-0.05, 0) is 54.9 Å². The van der Waals surface area contributed by atoms with Crippen LogP contribution in [0.25, 0.3) is 16.9 Å². The maximum absolute atomic E-state index is 12.8. The topological polar surface area (TPSA) is 74.7 Å². The molecule has 1 aliphatic heterocycles. The summed E-state index contributed by atoms with van der Waals surface area (Å²) in [6, 6.07) is 18.7. The minimum atomic E-state index is -0.113. The number of hydrogen-bond acceptors (Lipinski definition) is 4. The molecule has 0 unspecified atom stereocenters. The van der Waals surface area contributed by atoms with Gasteiger partial charge < -0.3 is 15.0 Å². The second-order valence-electron chi connectivity index (χ2n) is 8.31. The quantitative estimate of drug-likeness (QED) is 0.393. The van der Waals surface area contributed by atoms with Gasteiger partial charge in [-0.25, -0.2) is 9.50 Å². The zero-order valence-corrected chi connectivity index (χ0v) is 20.2. The van der Waals surface area contributed by atoms with Gasteiger partial charge in [-0.2, -0.15) is 0 Å². The predicted octanol–water partition coefficient (Wildman–Crippen LogP) is 4.93. The third kappa shape index (κ3) is 4.64. The molecule has 1 fully saturated rings. The van der Waals surface area contributed by atoms with E-state index in [1.165, 1.54) is 4.52 Å². The molecular formula is C25H24ClN5O2S. The number of benzene rings is 2. The molecule has 2 aromatic heterocycles. The Kier molecular flexibility index (Phi) is 6.26. The molecule has 34 heavy (non-hydrogen) atoms. The molecule has 3 heterocycles. The number of thiocarbonyl (C=S) groups is 1. The number of aromatic amines is 1. The van der Waals surface area contributed by atoms with E-state index in [0.29, 0.717) is 15.8 Å². The number of methoxy groups -OCH3 is 1. The van der Waals surface area contributed by atoms with Gasteiger partial charge in [0.2, 0.25) is 0 Å². The van der Waals surface area contributed by atoms with E-state index in [0.717, 1.165) is 54.3 Å². The zero-order chi connectivity index (χ0) is 23.7. The molecule has 0 amide bonds. The number of nitrogens with zero attached hydrogens (tertiary/aromatic N) is 3. The number of aromatic nitrogens is 3. The predicted molar refractivity (Wildman–Crippen MR) is 139 cm³/mol. The number of ether oxygens (including phenoxy) is 1. The van der Waals surface area contributed by atoms with Crippen molar-refractivity contribution in [2.75, 3.05) is 25.5 Å². The number of rotatable bonds is 4. The van der Waals surface area contributed by atoms with Gasteiger partial charge in [-0.3, -0.25) is 9.89 Å². The molecule has 7 nitrogen and oxygen atoms in total. The summed E-state index contributed by atoms with van der Waals surface area (Å²) >= 11 is 11.6. The third-order valence-electron chi connectivity index (χ3n) is 6.15. The van der Waals surface area contributed by atoms with Crippen LogP contribution in [0.15, 0.2) is 65.5 Å². The molecule has 0 saturated carbocycles. The lowest BCUT2D eigenvalue weighted by Crippen LogP contribution is -2.40.